The molecule has 0 atom stereocenters. The molecule has 1 saturated heterocycles. The average Bonchev–Trinajstić information content (AvgIpc) is 3.00. The van der Waals surface area contributed by atoms with E-state index in [0.29, 0.717) is 10.8 Å². The van der Waals surface area contributed by atoms with E-state index in [9.17, 15) is 0 Å². The van der Waals surface area contributed by atoms with Crippen LogP contribution in [0, 0.1) is 12.3 Å². The molecule has 25 heavy (non-hydrogen) atoms. The van der Waals surface area contributed by atoms with Crippen molar-refractivity contribution in [2.24, 2.45) is 0 Å². The van der Waals surface area contributed by atoms with Crippen LogP contribution in [0.25, 0.3) is 16.7 Å². The molecule has 1 aliphatic rings. The standard InChI is InChI=1S/C20H19ClN4/c1-3-20-22-18-8-7-16(24-11-9-23(2)10-12-24)14-19(18)25(20)17-6-4-5-15(21)13-17/h1,4-8,13-14H,9-12H2,2H3. The van der Waals surface area contributed by atoms with E-state index in [0.717, 1.165) is 42.9 Å². The van der Waals surface area contributed by atoms with Gasteiger partial charge in [0, 0.05) is 42.6 Å². The Bertz CT molecular complexity index is 961. The zero-order valence-electron chi connectivity index (χ0n) is 14.1. The van der Waals surface area contributed by atoms with Crippen LogP contribution in [0.4, 0.5) is 5.69 Å². The third-order valence-electron chi connectivity index (χ3n) is 4.70. The molecule has 0 bridgehead atoms. The van der Waals surface area contributed by atoms with Crippen LogP contribution in [0.3, 0.4) is 0 Å². The lowest BCUT2D eigenvalue weighted by Crippen LogP contribution is -2.44. The number of nitrogens with zero attached hydrogens (tertiary/aromatic N) is 4. The van der Waals surface area contributed by atoms with E-state index in [1.54, 1.807) is 0 Å². The van der Waals surface area contributed by atoms with Gasteiger partial charge in [-0.05, 0) is 49.4 Å². The number of aromatic nitrogens is 2. The van der Waals surface area contributed by atoms with E-state index in [1.165, 1.54) is 5.69 Å². The van der Waals surface area contributed by atoms with Gasteiger partial charge in [-0.2, -0.15) is 0 Å². The van der Waals surface area contributed by atoms with Gasteiger partial charge in [-0.1, -0.05) is 17.7 Å². The Hall–Kier alpha value is -2.48. The van der Waals surface area contributed by atoms with Crippen LogP contribution in [-0.2, 0) is 0 Å². The van der Waals surface area contributed by atoms with Crippen molar-refractivity contribution in [1.82, 2.24) is 14.5 Å². The highest BCUT2D eigenvalue weighted by Gasteiger charge is 2.17. The molecule has 0 radical (unpaired) electrons. The molecule has 0 spiro atoms. The third kappa shape index (κ3) is 2.97. The van der Waals surface area contributed by atoms with Crippen LogP contribution >= 0.6 is 11.6 Å². The van der Waals surface area contributed by atoms with Crippen molar-refractivity contribution >= 4 is 28.3 Å². The second-order valence-electron chi connectivity index (χ2n) is 6.36. The van der Waals surface area contributed by atoms with Gasteiger partial charge in [-0.15, -0.1) is 6.42 Å². The molecule has 4 nitrogen and oxygen atoms in total. The molecule has 126 valence electrons. The molecule has 5 heteroatoms. The van der Waals surface area contributed by atoms with Gasteiger partial charge in [0.15, 0.2) is 5.82 Å². The second-order valence-corrected chi connectivity index (χ2v) is 6.79. The Balaban J connectivity index is 1.84. The van der Waals surface area contributed by atoms with E-state index in [4.69, 9.17) is 18.0 Å². The molecule has 3 aromatic rings. The van der Waals surface area contributed by atoms with Gasteiger partial charge in [-0.25, -0.2) is 4.98 Å². The Labute approximate surface area is 152 Å². The zero-order chi connectivity index (χ0) is 17.4. The van der Waals surface area contributed by atoms with Crippen molar-refractivity contribution in [3.05, 3.63) is 53.3 Å². The van der Waals surface area contributed by atoms with E-state index < -0.39 is 0 Å². The summed E-state index contributed by atoms with van der Waals surface area (Å²) >= 11 is 6.18. The molecular formula is C20H19ClN4. The fourth-order valence-electron chi connectivity index (χ4n) is 3.30. The van der Waals surface area contributed by atoms with E-state index in [1.807, 2.05) is 34.9 Å². The number of benzene rings is 2. The summed E-state index contributed by atoms with van der Waals surface area (Å²) in [7, 11) is 2.16. The second kappa shape index (κ2) is 6.44. The number of fused-ring (bicyclic) bond motifs is 1. The molecule has 1 aromatic heterocycles. The van der Waals surface area contributed by atoms with Crippen molar-refractivity contribution in [3.8, 4) is 18.0 Å². The van der Waals surface area contributed by atoms with Crippen LogP contribution in [0.2, 0.25) is 5.02 Å². The number of hydrogen-bond acceptors (Lipinski definition) is 3. The maximum atomic E-state index is 6.18. The normalized spacial score (nSPS) is 15.5. The number of hydrogen-bond donors (Lipinski definition) is 0. The molecule has 1 fully saturated rings. The molecule has 0 unspecified atom stereocenters. The summed E-state index contributed by atoms with van der Waals surface area (Å²) < 4.78 is 2.00. The van der Waals surface area contributed by atoms with Crippen LogP contribution in [-0.4, -0.2) is 47.7 Å². The molecule has 0 amide bonds. The predicted octanol–water partition coefficient (Wildman–Crippen LogP) is 3.41. The molecule has 2 aromatic carbocycles. The van der Waals surface area contributed by atoms with Gasteiger partial charge in [0.1, 0.15) is 0 Å². The van der Waals surface area contributed by atoms with Gasteiger partial charge >= 0.3 is 0 Å². The predicted molar refractivity (Wildman–Crippen MR) is 104 cm³/mol. The van der Waals surface area contributed by atoms with Crippen LogP contribution in [0.1, 0.15) is 5.82 Å². The Morgan fingerprint density at radius 1 is 1.04 bits per heavy atom. The summed E-state index contributed by atoms with van der Waals surface area (Å²) in [6.07, 6.45) is 5.70. The molecule has 0 aliphatic carbocycles. The van der Waals surface area contributed by atoms with Gasteiger partial charge in [-0.3, -0.25) is 4.57 Å². The van der Waals surface area contributed by atoms with E-state index in [2.05, 4.69) is 39.9 Å². The minimum absolute atomic E-state index is 0.591. The van der Waals surface area contributed by atoms with Crippen molar-refractivity contribution in [1.29, 1.82) is 0 Å². The lowest BCUT2D eigenvalue weighted by atomic mass is 10.2. The highest BCUT2D eigenvalue weighted by Crippen LogP contribution is 2.27. The van der Waals surface area contributed by atoms with Crippen molar-refractivity contribution in [3.63, 3.8) is 0 Å². The zero-order valence-corrected chi connectivity index (χ0v) is 14.9. The topological polar surface area (TPSA) is 24.3 Å². The van der Waals surface area contributed by atoms with Crippen LogP contribution < -0.4 is 4.90 Å². The van der Waals surface area contributed by atoms with Crippen molar-refractivity contribution in [2.45, 2.75) is 0 Å². The fraction of sp³-hybridized carbons (Fsp3) is 0.250. The first-order chi connectivity index (χ1) is 12.2. The van der Waals surface area contributed by atoms with Crippen molar-refractivity contribution in [2.75, 3.05) is 38.1 Å². The Kier molecular flexibility index (Phi) is 4.12. The molecule has 4 rings (SSSR count). The number of imidazole rings is 1. The molecule has 0 N–H and O–H groups in total. The minimum atomic E-state index is 0.591. The lowest BCUT2D eigenvalue weighted by molar-refractivity contribution is 0.313. The highest BCUT2D eigenvalue weighted by atomic mass is 35.5. The van der Waals surface area contributed by atoms with Gasteiger partial charge in [0.25, 0.3) is 0 Å². The molecule has 2 heterocycles. The summed E-state index contributed by atoms with van der Waals surface area (Å²) in [4.78, 5) is 9.35. The SMILES string of the molecule is C#Cc1nc2ccc(N3CCN(C)CC3)cc2n1-c1cccc(Cl)c1. The number of likely N-dealkylation sites (N-methyl/N-ethyl adjacent to an activating group) is 1. The summed E-state index contributed by atoms with van der Waals surface area (Å²) in [5.74, 6) is 3.29. The lowest BCUT2D eigenvalue weighted by Gasteiger charge is -2.34. The summed E-state index contributed by atoms with van der Waals surface area (Å²) in [6.45, 7) is 4.19. The number of halogens is 1. The number of piperazine rings is 1. The average molecular weight is 351 g/mol. The molecule has 1 aliphatic heterocycles. The first-order valence-corrected chi connectivity index (χ1v) is 8.72. The first kappa shape index (κ1) is 16.0. The quantitative estimate of drug-likeness (QED) is 0.662. The first-order valence-electron chi connectivity index (χ1n) is 8.34. The summed E-state index contributed by atoms with van der Waals surface area (Å²) in [6, 6.07) is 14.0. The number of rotatable bonds is 2. The van der Waals surface area contributed by atoms with Crippen LogP contribution in [0.5, 0.6) is 0 Å². The minimum Gasteiger partial charge on any atom is -0.369 e. The maximum absolute atomic E-state index is 6.18. The third-order valence-corrected chi connectivity index (χ3v) is 4.94. The van der Waals surface area contributed by atoms with Gasteiger partial charge in [0.2, 0.25) is 0 Å². The largest absolute Gasteiger partial charge is 0.369 e. The fourth-order valence-corrected chi connectivity index (χ4v) is 3.48. The molecule has 0 saturated carbocycles. The summed E-state index contributed by atoms with van der Waals surface area (Å²) in [5, 5.41) is 0.678. The van der Waals surface area contributed by atoms with Gasteiger partial charge < -0.3 is 9.80 Å². The highest BCUT2D eigenvalue weighted by molar-refractivity contribution is 6.30. The monoisotopic (exact) mass is 350 g/mol. The smallest absolute Gasteiger partial charge is 0.190 e. The summed E-state index contributed by atoms with van der Waals surface area (Å²) in [5.41, 5.74) is 4.03. The van der Waals surface area contributed by atoms with E-state index in [-0.39, 0.29) is 0 Å². The van der Waals surface area contributed by atoms with E-state index >= 15 is 0 Å². The number of anilines is 1. The number of terminal acetylenes is 1. The van der Waals surface area contributed by atoms with Crippen LogP contribution in [0.15, 0.2) is 42.5 Å². The van der Waals surface area contributed by atoms with Gasteiger partial charge in [0.05, 0.1) is 11.0 Å². The maximum Gasteiger partial charge on any atom is 0.190 e. The Morgan fingerprint density at radius 3 is 2.56 bits per heavy atom. The Morgan fingerprint density at radius 2 is 1.84 bits per heavy atom. The van der Waals surface area contributed by atoms with Crippen molar-refractivity contribution < 1.29 is 0 Å². The molecular weight excluding hydrogens is 332 g/mol.